The number of amides is 2. The third-order valence-corrected chi connectivity index (χ3v) is 9.82. The first-order chi connectivity index (χ1) is 18.3. The number of hydrogen-bond donors (Lipinski definition) is 2. The minimum Gasteiger partial charge on any atom is -0.389 e. The van der Waals surface area contributed by atoms with Crippen LogP contribution in [0.4, 0.5) is 5.13 Å². The van der Waals surface area contributed by atoms with Crippen molar-refractivity contribution in [2.75, 3.05) is 31.6 Å². The van der Waals surface area contributed by atoms with Crippen LogP contribution in [0, 0.1) is 0 Å². The minimum absolute atomic E-state index is 0.0271. The molecular formula is C25H31N5O6S2. The standard InChI is InChI=1S/C25H31N5O6S2/c1-16(31)27-18-8-10-30(13-18)14-20-12-26-25(37-20)28-24(32)23(29-36-19-9-11-35-15-19)17-2-4-21(5-3-17)38(33,34)22-6-7-22/h2-5,12,18-19,22H,6-11,13-15H2,1H3,(H,27,31)(H,26,28,32)/b29-23+/t18-,19+/m0/s1. The summed E-state index contributed by atoms with van der Waals surface area (Å²) >= 11 is 1.37. The van der Waals surface area contributed by atoms with Crippen LogP contribution < -0.4 is 10.6 Å². The summed E-state index contributed by atoms with van der Waals surface area (Å²) in [5.41, 5.74) is 0.468. The predicted octanol–water partition coefficient (Wildman–Crippen LogP) is 1.94. The Hall–Kier alpha value is -2.87. The van der Waals surface area contributed by atoms with E-state index in [0.717, 1.165) is 24.4 Å². The molecule has 3 heterocycles. The lowest BCUT2D eigenvalue weighted by atomic mass is 10.1. The summed E-state index contributed by atoms with van der Waals surface area (Å²) in [5, 5.41) is 10.0. The number of sulfone groups is 1. The summed E-state index contributed by atoms with van der Waals surface area (Å²) in [7, 11) is -3.34. The summed E-state index contributed by atoms with van der Waals surface area (Å²) in [6.45, 7) is 4.80. The van der Waals surface area contributed by atoms with Gasteiger partial charge in [-0.2, -0.15) is 0 Å². The summed E-state index contributed by atoms with van der Waals surface area (Å²) in [5.74, 6) is -0.532. The fourth-order valence-corrected chi connectivity index (χ4v) is 7.03. The van der Waals surface area contributed by atoms with Crippen LogP contribution in [0.15, 0.2) is 40.5 Å². The molecule has 2 N–H and O–H groups in total. The normalized spacial score (nSPS) is 22.4. The number of likely N-dealkylation sites (tertiary alicyclic amines) is 1. The Balaban J connectivity index is 1.26. The third kappa shape index (κ3) is 6.57. The van der Waals surface area contributed by atoms with Gasteiger partial charge in [0.1, 0.15) is 0 Å². The molecule has 2 saturated heterocycles. The van der Waals surface area contributed by atoms with Crippen molar-refractivity contribution < 1.29 is 27.6 Å². The number of thiazole rings is 1. The molecule has 1 aromatic heterocycles. The lowest BCUT2D eigenvalue weighted by Crippen LogP contribution is -2.35. The molecule has 0 bridgehead atoms. The van der Waals surface area contributed by atoms with Crippen molar-refractivity contribution in [1.82, 2.24) is 15.2 Å². The number of benzene rings is 1. The van der Waals surface area contributed by atoms with Gasteiger partial charge < -0.3 is 14.9 Å². The van der Waals surface area contributed by atoms with E-state index in [1.807, 2.05) is 0 Å². The zero-order chi connectivity index (χ0) is 26.7. The van der Waals surface area contributed by atoms with E-state index in [0.29, 0.717) is 49.7 Å². The van der Waals surface area contributed by atoms with E-state index in [-0.39, 0.29) is 33.9 Å². The highest BCUT2D eigenvalue weighted by atomic mass is 32.2. The Bertz CT molecular complexity index is 1300. The molecule has 0 radical (unpaired) electrons. The van der Waals surface area contributed by atoms with E-state index in [1.165, 1.54) is 30.4 Å². The number of nitrogens with zero attached hydrogens (tertiary/aromatic N) is 3. The van der Waals surface area contributed by atoms with Crippen LogP contribution in [0.5, 0.6) is 0 Å². The zero-order valence-corrected chi connectivity index (χ0v) is 22.7. The molecule has 3 aliphatic rings. The summed E-state index contributed by atoms with van der Waals surface area (Å²) < 4.78 is 30.5. The summed E-state index contributed by atoms with van der Waals surface area (Å²) in [6, 6.07) is 6.32. The van der Waals surface area contributed by atoms with Crippen LogP contribution in [0.25, 0.3) is 0 Å². The molecule has 0 unspecified atom stereocenters. The average molecular weight is 562 g/mol. The second-order valence-electron chi connectivity index (χ2n) is 9.81. The van der Waals surface area contributed by atoms with Gasteiger partial charge >= 0.3 is 0 Å². The lowest BCUT2D eigenvalue weighted by Gasteiger charge is -2.14. The van der Waals surface area contributed by atoms with Gasteiger partial charge in [0.05, 0.1) is 23.4 Å². The van der Waals surface area contributed by atoms with Crippen LogP contribution in [0.2, 0.25) is 0 Å². The van der Waals surface area contributed by atoms with Crippen molar-refractivity contribution in [3.8, 4) is 0 Å². The number of hydrogen-bond acceptors (Lipinski definition) is 10. The first-order valence-electron chi connectivity index (χ1n) is 12.7. The maximum absolute atomic E-state index is 13.3. The predicted molar refractivity (Wildman–Crippen MR) is 142 cm³/mol. The van der Waals surface area contributed by atoms with Crippen LogP contribution in [-0.2, 0) is 35.5 Å². The minimum atomic E-state index is -3.34. The highest BCUT2D eigenvalue weighted by Crippen LogP contribution is 2.33. The first-order valence-corrected chi connectivity index (χ1v) is 15.1. The molecule has 2 aromatic rings. The van der Waals surface area contributed by atoms with E-state index in [9.17, 15) is 18.0 Å². The second kappa shape index (κ2) is 11.5. The van der Waals surface area contributed by atoms with E-state index >= 15 is 0 Å². The number of rotatable bonds is 10. The van der Waals surface area contributed by atoms with Crippen molar-refractivity contribution >= 4 is 43.8 Å². The van der Waals surface area contributed by atoms with E-state index in [1.54, 1.807) is 18.3 Å². The number of aromatic nitrogens is 1. The van der Waals surface area contributed by atoms with Gasteiger partial charge in [-0.3, -0.25) is 19.8 Å². The van der Waals surface area contributed by atoms with Crippen LogP contribution in [-0.4, -0.2) is 79.5 Å². The maximum atomic E-state index is 13.3. The molecule has 2 amide bonds. The Labute approximate surface area is 225 Å². The average Bonchev–Trinajstić information content (AvgIpc) is 3.22. The van der Waals surface area contributed by atoms with Crippen molar-refractivity contribution in [2.24, 2.45) is 5.16 Å². The molecule has 1 aliphatic carbocycles. The topological polar surface area (TPSA) is 139 Å². The van der Waals surface area contributed by atoms with Gasteiger partial charge in [-0.1, -0.05) is 17.3 Å². The number of anilines is 1. The van der Waals surface area contributed by atoms with Crippen molar-refractivity contribution in [3.63, 3.8) is 0 Å². The van der Waals surface area contributed by atoms with Crippen molar-refractivity contribution in [2.45, 2.75) is 61.4 Å². The molecule has 2 aliphatic heterocycles. The number of carbonyl (C=O) groups is 2. The second-order valence-corrected chi connectivity index (χ2v) is 13.2. The lowest BCUT2D eigenvalue weighted by molar-refractivity contribution is -0.119. The molecular weight excluding hydrogens is 530 g/mol. The van der Waals surface area contributed by atoms with E-state index in [4.69, 9.17) is 9.57 Å². The van der Waals surface area contributed by atoms with Gasteiger partial charge in [-0.15, -0.1) is 11.3 Å². The molecule has 11 nitrogen and oxygen atoms in total. The number of nitrogens with one attached hydrogen (secondary N) is 2. The number of carbonyl (C=O) groups excluding carboxylic acids is 2. The molecule has 1 saturated carbocycles. The Morgan fingerprint density at radius 1 is 1.21 bits per heavy atom. The van der Waals surface area contributed by atoms with E-state index in [2.05, 4.69) is 25.7 Å². The molecule has 0 spiro atoms. The molecule has 38 heavy (non-hydrogen) atoms. The molecule has 1 aromatic carbocycles. The zero-order valence-electron chi connectivity index (χ0n) is 21.1. The van der Waals surface area contributed by atoms with Crippen LogP contribution >= 0.6 is 11.3 Å². The smallest absolute Gasteiger partial charge is 0.280 e. The monoisotopic (exact) mass is 561 g/mol. The molecule has 2 atom stereocenters. The highest BCUT2D eigenvalue weighted by molar-refractivity contribution is 7.92. The van der Waals surface area contributed by atoms with Crippen molar-refractivity contribution in [3.05, 3.63) is 40.9 Å². The largest absolute Gasteiger partial charge is 0.389 e. The maximum Gasteiger partial charge on any atom is 0.280 e. The number of oxime groups is 1. The summed E-state index contributed by atoms with van der Waals surface area (Å²) in [6.07, 6.45) is 4.41. The Morgan fingerprint density at radius 3 is 2.68 bits per heavy atom. The van der Waals surface area contributed by atoms with Gasteiger partial charge in [0, 0.05) is 55.7 Å². The molecule has 5 rings (SSSR count). The summed E-state index contributed by atoms with van der Waals surface area (Å²) in [4.78, 5) is 38.0. The first kappa shape index (κ1) is 26.7. The SMILES string of the molecule is CC(=O)N[C@H]1CCN(Cc2cnc(NC(=O)/C(=N/O[C@@H]3CCOC3)c3ccc(S(=O)(=O)C4CC4)cc3)s2)C1. The highest BCUT2D eigenvalue weighted by Gasteiger charge is 2.37. The molecule has 204 valence electrons. The fraction of sp³-hybridized carbons (Fsp3) is 0.520. The molecule has 13 heteroatoms. The fourth-order valence-electron chi connectivity index (χ4n) is 4.52. The van der Waals surface area contributed by atoms with Gasteiger partial charge in [0.25, 0.3) is 5.91 Å². The van der Waals surface area contributed by atoms with Crippen LogP contribution in [0.1, 0.15) is 43.0 Å². The van der Waals surface area contributed by atoms with Gasteiger partial charge in [-0.25, -0.2) is 13.4 Å². The van der Waals surface area contributed by atoms with Gasteiger partial charge in [-0.05, 0) is 31.4 Å². The Kier molecular flexibility index (Phi) is 8.07. The quantitative estimate of drug-likeness (QED) is 0.331. The number of ether oxygens (including phenoxy) is 1. The van der Waals surface area contributed by atoms with Gasteiger partial charge in [0.2, 0.25) is 5.91 Å². The van der Waals surface area contributed by atoms with Crippen molar-refractivity contribution in [1.29, 1.82) is 0 Å². The molecule has 3 fully saturated rings. The van der Waals surface area contributed by atoms with Crippen LogP contribution in [0.3, 0.4) is 0 Å². The van der Waals surface area contributed by atoms with Gasteiger partial charge in [0.15, 0.2) is 26.8 Å². The third-order valence-electron chi connectivity index (χ3n) is 6.65. The van der Waals surface area contributed by atoms with E-state index < -0.39 is 15.7 Å². The Morgan fingerprint density at radius 2 is 2.00 bits per heavy atom.